The van der Waals surface area contributed by atoms with Crippen molar-refractivity contribution < 1.29 is 4.74 Å². The molecule has 3 rings (SSSR count). The first-order chi connectivity index (χ1) is 17.4. The molecule has 0 unspecified atom stereocenters. The van der Waals surface area contributed by atoms with Crippen molar-refractivity contribution in [2.45, 2.75) is 111 Å². The summed E-state index contributed by atoms with van der Waals surface area (Å²) in [7, 11) is 0. The lowest BCUT2D eigenvalue weighted by molar-refractivity contribution is 0.223. The zero-order valence-electron chi connectivity index (χ0n) is 23.4. The molecule has 1 aliphatic carbocycles. The van der Waals surface area contributed by atoms with Gasteiger partial charge in [0.25, 0.3) is 0 Å². The molecule has 1 aliphatic rings. The average molecular weight is 488 g/mol. The standard InChI is InChI=1S/C34H49NO/c1-5-6-7-22-34(26-35)23-19-32(20-24-34)30-13-11-29(12-14-30)31-15-17-33(18-16-31)36-25-21-28(4)10-8-9-27(2)3/h11-18,27-28,32H,5-10,19-25H2,1-4H3/t28-,32?,34?/m1/s1. The number of nitrogens with zero attached hydrogens (tertiary/aromatic N) is 1. The Balaban J connectivity index is 1.45. The largest absolute Gasteiger partial charge is 0.494 e. The SMILES string of the molecule is CCCCCC1(C#N)CCC(c2ccc(-c3ccc(OCC[C@H](C)CCCC(C)C)cc3)cc2)CC1. The number of rotatable bonds is 14. The molecule has 2 nitrogen and oxygen atoms in total. The van der Waals surface area contributed by atoms with Crippen molar-refractivity contribution >= 4 is 0 Å². The summed E-state index contributed by atoms with van der Waals surface area (Å²) < 4.78 is 6.03. The van der Waals surface area contributed by atoms with Gasteiger partial charge in [-0.25, -0.2) is 0 Å². The van der Waals surface area contributed by atoms with Gasteiger partial charge >= 0.3 is 0 Å². The number of hydrogen-bond acceptors (Lipinski definition) is 2. The second kappa shape index (κ2) is 14.5. The molecule has 196 valence electrons. The van der Waals surface area contributed by atoms with Crippen LogP contribution in [-0.4, -0.2) is 6.61 Å². The predicted molar refractivity (Wildman–Crippen MR) is 153 cm³/mol. The first-order valence-electron chi connectivity index (χ1n) is 14.7. The van der Waals surface area contributed by atoms with Gasteiger partial charge in [-0.2, -0.15) is 5.26 Å². The third kappa shape index (κ3) is 8.69. The first-order valence-corrected chi connectivity index (χ1v) is 14.7. The molecule has 0 bridgehead atoms. The number of benzene rings is 2. The molecule has 36 heavy (non-hydrogen) atoms. The van der Waals surface area contributed by atoms with Crippen LogP contribution in [0.2, 0.25) is 0 Å². The molecule has 2 heteroatoms. The number of nitriles is 1. The van der Waals surface area contributed by atoms with Crippen LogP contribution in [0.25, 0.3) is 11.1 Å². The maximum atomic E-state index is 9.84. The monoisotopic (exact) mass is 487 g/mol. The Labute approximate surface area is 221 Å². The van der Waals surface area contributed by atoms with Gasteiger partial charge in [0.2, 0.25) is 0 Å². The Morgan fingerprint density at radius 1 is 0.861 bits per heavy atom. The van der Waals surface area contributed by atoms with Crippen LogP contribution in [0.4, 0.5) is 0 Å². The van der Waals surface area contributed by atoms with E-state index in [0.29, 0.717) is 5.92 Å². The summed E-state index contributed by atoms with van der Waals surface area (Å²) in [5, 5.41) is 9.84. The molecule has 1 atom stereocenters. The lowest BCUT2D eigenvalue weighted by Crippen LogP contribution is -2.25. The van der Waals surface area contributed by atoms with E-state index < -0.39 is 0 Å². The molecule has 0 amide bonds. The number of hydrogen-bond donors (Lipinski definition) is 0. The Morgan fingerprint density at radius 3 is 2.08 bits per heavy atom. The van der Waals surface area contributed by atoms with Crippen molar-refractivity contribution in [1.82, 2.24) is 0 Å². The van der Waals surface area contributed by atoms with Gasteiger partial charge in [-0.1, -0.05) is 103 Å². The number of ether oxygens (including phenoxy) is 1. The Kier molecular flexibility index (Phi) is 11.4. The molecule has 1 fully saturated rings. The summed E-state index contributed by atoms with van der Waals surface area (Å²) in [5.41, 5.74) is 3.85. The molecule has 0 radical (unpaired) electrons. The zero-order valence-corrected chi connectivity index (χ0v) is 23.4. The average Bonchev–Trinajstić information content (AvgIpc) is 2.89. The van der Waals surface area contributed by atoms with Crippen molar-refractivity contribution in [2.75, 3.05) is 6.61 Å². The van der Waals surface area contributed by atoms with E-state index in [1.54, 1.807) is 0 Å². The maximum absolute atomic E-state index is 9.84. The fourth-order valence-electron chi connectivity index (χ4n) is 5.72. The quantitative estimate of drug-likeness (QED) is 0.248. The van der Waals surface area contributed by atoms with E-state index in [1.165, 1.54) is 55.2 Å². The predicted octanol–water partition coefficient (Wildman–Crippen LogP) is 10.3. The van der Waals surface area contributed by atoms with E-state index in [-0.39, 0.29) is 5.41 Å². The van der Waals surface area contributed by atoms with Gasteiger partial charge in [-0.3, -0.25) is 0 Å². The maximum Gasteiger partial charge on any atom is 0.119 e. The second-order valence-electron chi connectivity index (χ2n) is 11.8. The first kappa shape index (κ1) is 28.3. The third-order valence-electron chi connectivity index (χ3n) is 8.37. The topological polar surface area (TPSA) is 33.0 Å². The van der Waals surface area contributed by atoms with Crippen molar-refractivity contribution in [3.63, 3.8) is 0 Å². The highest BCUT2D eigenvalue weighted by Gasteiger charge is 2.35. The van der Waals surface area contributed by atoms with Gasteiger partial charge in [0, 0.05) is 0 Å². The minimum Gasteiger partial charge on any atom is -0.494 e. The van der Waals surface area contributed by atoms with E-state index in [9.17, 15) is 5.26 Å². The summed E-state index contributed by atoms with van der Waals surface area (Å²) >= 11 is 0. The third-order valence-corrected chi connectivity index (χ3v) is 8.37. The lowest BCUT2D eigenvalue weighted by atomic mass is 9.67. The Bertz CT molecular complexity index is 913. The number of unbranched alkanes of at least 4 members (excludes halogenated alkanes) is 2. The van der Waals surface area contributed by atoms with Crippen LogP contribution in [0.3, 0.4) is 0 Å². The van der Waals surface area contributed by atoms with Crippen molar-refractivity contribution in [3.8, 4) is 22.9 Å². The molecular formula is C34H49NO. The fourth-order valence-corrected chi connectivity index (χ4v) is 5.72. The molecule has 0 aromatic heterocycles. The molecule has 0 N–H and O–H groups in total. The van der Waals surface area contributed by atoms with Gasteiger partial charge in [0.05, 0.1) is 18.1 Å². The zero-order chi connectivity index (χ0) is 25.8. The lowest BCUT2D eigenvalue weighted by Gasteiger charge is -2.35. The van der Waals surface area contributed by atoms with E-state index in [1.807, 2.05) is 0 Å². The van der Waals surface area contributed by atoms with E-state index in [4.69, 9.17) is 4.74 Å². The van der Waals surface area contributed by atoms with Crippen LogP contribution in [-0.2, 0) is 0 Å². The highest BCUT2D eigenvalue weighted by molar-refractivity contribution is 5.64. The van der Waals surface area contributed by atoms with Gasteiger partial charge < -0.3 is 4.74 Å². The van der Waals surface area contributed by atoms with Crippen LogP contribution in [0.1, 0.15) is 116 Å². The normalized spacial score (nSPS) is 20.7. The highest BCUT2D eigenvalue weighted by Crippen LogP contribution is 2.45. The van der Waals surface area contributed by atoms with Crippen LogP contribution >= 0.6 is 0 Å². The van der Waals surface area contributed by atoms with Gasteiger partial charge in [0.15, 0.2) is 0 Å². The summed E-state index contributed by atoms with van der Waals surface area (Å²) in [6, 6.07) is 20.4. The second-order valence-corrected chi connectivity index (χ2v) is 11.8. The summed E-state index contributed by atoms with van der Waals surface area (Å²) in [6.45, 7) is 9.98. The summed E-state index contributed by atoms with van der Waals surface area (Å²) in [6.07, 6.45) is 14.2. The molecule has 0 spiro atoms. The molecule has 2 aromatic rings. The van der Waals surface area contributed by atoms with E-state index in [2.05, 4.69) is 82.3 Å². The fraction of sp³-hybridized carbons (Fsp3) is 0.618. The molecule has 2 aromatic carbocycles. The Hall–Kier alpha value is -2.27. The minimum absolute atomic E-state index is 0.0682. The summed E-state index contributed by atoms with van der Waals surface area (Å²) in [4.78, 5) is 0. The smallest absolute Gasteiger partial charge is 0.119 e. The Morgan fingerprint density at radius 2 is 1.50 bits per heavy atom. The molecule has 0 heterocycles. The summed E-state index contributed by atoms with van der Waals surface area (Å²) in [5.74, 6) is 3.09. The minimum atomic E-state index is -0.0682. The van der Waals surface area contributed by atoms with Gasteiger partial charge in [-0.15, -0.1) is 0 Å². The van der Waals surface area contributed by atoms with E-state index >= 15 is 0 Å². The van der Waals surface area contributed by atoms with Gasteiger partial charge in [-0.05, 0) is 85.1 Å². The van der Waals surface area contributed by atoms with Crippen LogP contribution in [0.15, 0.2) is 48.5 Å². The van der Waals surface area contributed by atoms with Crippen LogP contribution in [0.5, 0.6) is 5.75 Å². The molecule has 1 saturated carbocycles. The van der Waals surface area contributed by atoms with Crippen molar-refractivity contribution in [3.05, 3.63) is 54.1 Å². The highest BCUT2D eigenvalue weighted by atomic mass is 16.5. The van der Waals surface area contributed by atoms with Crippen LogP contribution < -0.4 is 4.74 Å². The van der Waals surface area contributed by atoms with E-state index in [0.717, 1.165) is 62.7 Å². The molecular weight excluding hydrogens is 438 g/mol. The van der Waals surface area contributed by atoms with Crippen LogP contribution in [0, 0.1) is 28.6 Å². The van der Waals surface area contributed by atoms with Gasteiger partial charge in [0.1, 0.15) is 5.75 Å². The van der Waals surface area contributed by atoms with Crippen molar-refractivity contribution in [2.24, 2.45) is 17.3 Å². The molecule has 0 saturated heterocycles. The molecule has 0 aliphatic heterocycles. The van der Waals surface area contributed by atoms with Crippen molar-refractivity contribution in [1.29, 1.82) is 5.26 Å².